The first kappa shape index (κ1) is 52.4. The van der Waals surface area contributed by atoms with Gasteiger partial charge in [-0.15, -0.1) is 0 Å². The van der Waals surface area contributed by atoms with Crippen LogP contribution in [-0.4, -0.2) is 98.7 Å². The van der Waals surface area contributed by atoms with E-state index in [0.717, 1.165) is 106 Å². The van der Waals surface area contributed by atoms with Crippen molar-refractivity contribution in [3.8, 4) is 16.9 Å². The normalized spacial score (nSPS) is 18.9. The number of amides is 4. The van der Waals surface area contributed by atoms with E-state index in [-0.39, 0.29) is 35.4 Å². The van der Waals surface area contributed by atoms with Crippen LogP contribution < -0.4 is 25.2 Å². The molecule has 4 aromatic carbocycles. The lowest BCUT2D eigenvalue weighted by molar-refractivity contribution is -0.134. The van der Waals surface area contributed by atoms with Crippen LogP contribution in [0.25, 0.3) is 32.2 Å². The first-order valence-corrected chi connectivity index (χ1v) is 28.3. The summed E-state index contributed by atoms with van der Waals surface area (Å²) in [6, 6.07) is 29.8. The molecule has 4 aliphatic rings. The molecule has 17 heteroatoms. The molecule has 3 aliphatic heterocycles. The Morgan fingerprint density at radius 2 is 1.62 bits per heavy atom. The molecule has 6 heterocycles. The number of aryl methyl sites for hydroxylation is 1. The number of rotatable bonds is 13. The quantitative estimate of drug-likeness (QED) is 0.0825. The minimum absolute atomic E-state index is 0.0556. The number of esters is 1. The second kappa shape index (κ2) is 22.0. The van der Waals surface area contributed by atoms with Crippen molar-refractivity contribution in [2.75, 3.05) is 47.8 Å². The number of piperidine rings is 1. The minimum Gasteiger partial charge on any atom is -0.490 e. The zero-order valence-corrected chi connectivity index (χ0v) is 45.9. The number of carbonyl (C=O) groups is 5. The number of benzene rings is 4. The summed E-state index contributed by atoms with van der Waals surface area (Å²) in [5, 5.41) is 11.7. The Balaban J connectivity index is 0.684. The third kappa shape index (κ3) is 11.2. The second-order valence-corrected chi connectivity index (χ2v) is 23.3. The van der Waals surface area contributed by atoms with E-state index in [1.54, 1.807) is 0 Å². The van der Waals surface area contributed by atoms with Crippen LogP contribution in [0.5, 0.6) is 5.75 Å². The summed E-state index contributed by atoms with van der Waals surface area (Å²) >= 11 is 1.45. The fourth-order valence-electron chi connectivity index (χ4n) is 11.8. The van der Waals surface area contributed by atoms with Gasteiger partial charge in [-0.3, -0.25) is 34.5 Å². The van der Waals surface area contributed by atoms with Gasteiger partial charge in [-0.25, -0.2) is 14.8 Å². The van der Waals surface area contributed by atoms with Crippen molar-refractivity contribution in [2.45, 2.75) is 116 Å². The number of piperazine rings is 1. The highest BCUT2D eigenvalue weighted by atomic mass is 32.1. The molecule has 1 unspecified atom stereocenters. The molecule has 16 nitrogen and oxygen atoms in total. The summed E-state index contributed by atoms with van der Waals surface area (Å²) < 4.78 is 15.6. The van der Waals surface area contributed by atoms with Crippen molar-refractivity contribution >= 4 is 78.7 Å². The molecular formula is C61H67N9O7S. The van der Waals surface area contributed by atoms with E-state index in [1.807, 2.05) is 117 Å². The number of carbonyl (C=O) groups excluding carboxylic acids is 5. The number of nitrogens with one attached hydrogen (secondary N) is 2. The van der Waals surface area contributed by atoms with Gasteiger partial charge in [0.1, 0.15) is 17.2 Å². The predicted octanol–water partition coefficient (Wildman–Crippen LogP) is 10.3. The largest absolute Gasteiger partial charge is 0.490 e. The molecular weight excluding hydrogens is 1000 g/mol. The molecule has 3 aromatic heterocycles. The van der Waals surface area contributed by atoms with Crippen LogP contribution in [0.4, 0.5) is 16.6 Å². The van der Waals surface area contributed by atoms with Crippen molar-refractivity contribution in [3.05, 3.63) is 125 Å². The van der Waals surface area contributed by atoms with Crippen LogP contribution in [0.1, 0.15) is 128 Å². The van der Waals surface area contributed by atoms with Gasteiger partial charge in [0.25, 0.3) is 5.91 Å². The zero-order valence-electron chi connectivity index (χ0n) is 45.1. The molecule has 4 amide bonds. The molecule has 404 valence electrons. The van der Waals surface area contributed by atoms with Crippen molar-refractivity contribution < 1.29 is 33.4 Å². The van der Waals surface area contributed by atoms with E-state index in [1.165, 1.54) is 11.3 Å². The highest BCUT2D eigenvalue weighted by Gasteiger charge is 2.33. The maximum absolute atomic E-state index is 14.1. The van der Waals surface area contributed by atoms with Gasteiger partial charge >= 0.3 is 5.97 Å². The molecule has 2 N–H and O–H groups in total. The Hall–Kier alpha value is -7.66. The SMILES string of the molecule is Cc1c(OC2CCC(CCCC(=O)N3CCN(c4ccc5c(C6CCC(=O)NC6=O)nn(C)c5c4)CC3)CC2)cccc1-c1ccc(N2CCc3cccc(C(=O)Nc4nc5ccccc5s4)c3C2)nc1C(=O)OC(C)(C)C. The zero-order chi connectivity index (χ0) is 54.2. The monoisotopic (exact) mass is 1070 g/mol. The van der Waals surface area contributed by atoms with Crippen LogP contribution in [-0.2, 0) is 39.1 Å². The lowest BCUT2D eigenvalue weighted by atomic mass is 9.84. The highest BCUT2D eigenvalue weighted by molar-refractivity contribution is 7.22. The molecule has 11 rings (SSSR count). The number of hydrogen-bond acceptors (Lipinski definition) is 13. The van der Waals surface area contributed by atoms with Crippen molar-refractivity contribution in [1.29, 1.82) is 0 Å². The number of anilines is 3. The van der Waals surface area contributed by atoms with Crippen LogP contribution in [0, 0.1) is 12.8 Å². The number of nitrogens with zero attached hydrogens (tertiary/aromatic N) is 7. The fourth-order valence-corrected chi connectivity index (χ4v) is 12.6. The summed E-state index contributed by atoms with van der Waals surface area (Å²) in [5.74, 6) is 0.464. The van der Waals surface area contributed by atoms with E-state index in [9.17, 15) is 24.0 Å². The molecule has 3 fully saturated rings. The van der Waals surface area contributed by atoms with Gasteiger partial charge < -0.3 is 24.2 Å². The molecule has 0 spiro atoms. The highest BCUT2D eigenvalue weighted by Crippen LogP contribution is 2.39. The Kier molecular flexibility index (Phi) is 14.8. The van der Waals surface area contributed by atoms with Gasteiger partial charge in [0.05, 0.1) is 33.4 Å². The minimum atomic E-state index is -0.748. The summed E-state index contributed by atoms with van der Waals surface area (Å²) in [7, 11) is 1.88. The molecule has 0 radical (unpaired) electrons. The maximum atomic E-state index is 14.1. The number of aromatic nitrogens is 4. The van der Waals surface area contributed by atoms with Crippen LogP contribution in [0.3, 0.4) is 0 Å². The molecule has 7 aromatic rings. The van der Waals surface area contributed by atoms with Crippen molar-refractivity contribution in [1.82, 2.24) is 30.0 Å². The number of hydrogen-bond donors (Lipinski definition) is 2. The number of fused-ring (bicyclic) bond motifs is 3. The van der Waals surface area contributed by atoms with E-state index >= 15 is 0 Å². The molecule has 1 saturated carbocycles. The Morgan fingerprint density at radius 1 is 0.821 bits per heavy atom. The smallest absolute Gasteiger partial charge is 0.358 e. The average Bonchev–Trinajstić information content (AvgIpc) is 4.15. The number of imide groups is 1. The van der Waals surface area contributed by atoms with Crippen LogP contribution >= 0.6 is 11.3 Å². The third-order valence-electron chi connectivity index (χ3n) is 15.9. The lowest BCUT2D eigenvalue weighted by Gasteiger charge is -2.36. The molecule has 1 atom stereocenters. The van der Waals surface area contributed by atoms with Gasteiger partial charge in [-0.1, -0.05) is 47.7 Å². The Bertz CT molecular complexity index is 3420. The topological polar surface area (TPSA) is 181 Å². The summed E-state index contributed by atoms with van der Waals surface area (Å²) in [6.07, 6.45) is 7.88. The predicted molar refractivity (Wildman–Crippen MR) is 303 cm³/mol. The van der Waals surface area contributed by atoms with Crippen LogP contribution in [0.2, 0.25) is 0 Å². The van der Waals surface area contributed by atoms with Crippen molar-refractivity contribution in [2.24, 2.45) is 13.0 Å². The number of pyridine rings is 1. The first-order chi connectivity index (χ1) is 37.6. The van der Waals surface area contributed by atoms with Crippen molar-refractivity contribution in [3.63, 3.8) is 0 Å². The molecule has 2 saturated heterocycles. The fraction of sp³-hybridized carbons (Fsp3) is 0.410. The summed E-state index contributed by atoms with van der Waals surface area (Å²) in [6.45, 7) is 11.5. The maximum Gasteiger partial charge on any atom is 0.358 e. The van der Waals surface area contributed by atoms with E-state index in [0.29, 0.717) is 85.6 Å². The molecule has 78 heavy (non-hydrogen) atoms. The van der Waals surface area contributed by atoms with Gasteiger partial charge in [0.15, 0.2) is 10.8 Å². The van der Waals surface area contributed by atoms with E-state index in [4.69, 9.17) is 19.6 Å². The van der Waals surface area contributed by atoms with Gasteiger partial charge in [-0.05, 0) is 162 Å². The average molecular weight is 1070 g/mol. The van der Waals surface area contributed by atoms with Crippen LogP contribution in [0.15, 0.2) is 91.0 Å². The van der Waals surface area contributed by atoms with Gasteiger partial charge in [0, 0.05) is 81.4 Å². The van der Waals surface area contributed by atoms with E-state index < -0.39 is 17.5 Å². The summed E-state index contributed by atoms with van der Waals surface area (Å²) in [4.78, 5) is 81.9. The lowest BCUT2D eigenvalue weighted by Crippen LogP contribution is -2.48. The molecule has 1 aliphatic carbocycles. The molecule has 0 bridgehead atoms. The number of ether oxygens (including phenoxy) is 2. The standard InChI is InChI=1S/C61H67N9O7S/c1-37-42(43-25-27-52(63-56(43)59(75)77-61(2,3)4)70-30-29-39-12-9-14-44(47(39)36-70)57(73)65-60-62-48-15-6-7-17-51(48)78-60)13-10-16-50(37)76-41-22-19-38(20-23-41)11-8-18-54(72)69-33-31-68(32-34-69)40-21-24-45-49(35-40)67(5)66-55(45)46-26-28-53(71)64-58(46)74/h6-7,9-10,12-17,21,24-25,27,35,38,41,46H,8,11,18-20,22-23,26,28-34,36H2,1-5H3,(H,62,65,73)(H,64,71,74). The van der Waals surface area contributed by atoms with Gasteiger partial charge in [0.2, 0.25) is 17.7 Å². The third-order valence-corrected chi connectivity index (χ3v) is 16.9. The first-order valence-electron chi connectivity index (χ1n) is 27.5. The second-order valence-electron chi connectivity index (χ2n) is 22.3. The Labute approximate surface area is 458 Å². The van der Waals surface area contributed by atoms with Gasteiger partial charge in [-0.2, -0.15) is 5.10 Å². The van der Waals surface area contributed by atoms with E-state index in [2.05, 4.69) is 43.6 Å². The summed E-state index contributed by atoms with van der Waals surface area (Å²) in [5.41, 5.74) is 8.06. The Morgan fingerprint density at radius 3 is 2.40 bits per heavy atom. The number of para-hydroxylation sites is 1. The number of thiazole rings is 1.